The minimum atomic E-state index is -0.759. The van der Waals surface area contributed by atoms with Crippen molar-refractivity contribution in [1.29, 1.82) is 10.8 Å². The molecule has 0 aromatic carbocycles. The van der Waals surface area contributed by atoms with Crippen LogP contribution in [0.3, 0.4) is 0 Å². The molecule has 0 fully saturated rings. The Hall–Kier alpha value is -2.64. The standard InChI is InChI=1S/C16H24N4O4/c1-5-19(6-2)15(23)9-11(17)14(22)10(12(18)13(9)21)16(24)20(7-3)8-4/h17-18,21-22H,5-8H2,1-4H3. The Balaban J connectivity index is 3.37. The Morgan fingerprint density at radius 3 is 1.21 bits per heavy atom. The number of nitrogens with zero attached hydrogens (tertiary/aromatic N) is 2. The van der Waals surface area contributed by atoms with Gasteiger partial charge < -0.3 is 20.0 Å². The number of aliphatic hydroxyl groups excluding tert-OH is 2. The first-order chi connectivity index (χ1) is 11.3. The van der Waals surface area contributed by atoms with Gasteiger partial charge in [-0.1, -0.05) is 0 Å². The van der Waals surface area contributed by atoms with Gasteiger partial charge in [-0.15, -0.1) is 0 Å². The number of carbonyl (C=O) groups excluding carboxylic acids is 2. The van der Waals surface area contributed by atoms with E-state index in [1.165, 1.54) is 9.80 Å². The molecule has 0 atom stereocenters. The highest BCUT2D eigenvalue weighted by Gasteiger charge is 2.38. The van der Waals surface area contributed by atoms with E-state index in [1.54, 1.807) is 27.7 Å². The lowest BCUT2D eigenvalue weighted by atomic mass is 9.90. The first kappa shape index (κ1) is 19.4. The summed E-state index contributed by atoms with van der Waals surface area (Å²) in [4.78, 5) is 27.6. The highest BCUT2D eigenvalue weighted by molar-refractivity contribution is 6.40. The molecule has 2 amide bonds. The number of rotatable bonds is 6. The lowest BCUT2D eigenvalue weighted by Gasteiger charge is -2.27. The number of amides is 2. The van der Waals surface area contributed by atoms with Crippen LogP contribution in [0.1, 0.15) is 27.7 Å². The normalized spacial score (nSPS) is 15.0. The van der Waals surface area contributed by atoms with E-state index in [4.69, 9.17) is 10.8 Å². The van der Waals surface area contributed by atoms with Gasteiger partial charge in [-0.2, -0.15) is 0 Å². The van der Waals surface area contributed by atoms with Gasteiger partial charge in [0.25, 0.3) is 11.8 Å². The van der Waals surface area contributed by atoms with Crippen LogP contribution in [0.4, 0.5) is 0 Å². The number of allylic oxidation sites excluding steroid dienone is 2. The van der Waals surface area contributed by atoms with Crippen LogP contribution in [0.5, 0.6) is 0 Å². The van der Waals surface area contributed by atoms with E-state index in [2.05, 4.69) is 0 Å². The minimum absolute atomic E-state index is 0.350. The molecule has 24 heavy (non-hydrogen) atoms. The Morgan fingerprint density at radius 1 is 0.750 bits per heavy atom. The summed E-state index contributed by atoms with van der Waals surface area (Å²) >= 11 is 0. The molecule has 8 nitrogen and oxygen atoms in total. The molecule has 0 saturated carbocycles. The summed E-state index contributed by atoms with van der Waals surface area (Å²) in [6, 6.07) is 0. The van der Waals surface area contributed by atoms with Gasteiger partial charge in [0.15, 0.2) is 11.5 Å². The van der Waals surface area contributed by atoms with Crippen LogP contribution in [-0.4, -0.2) is 69.4 Å². The second kappa shape index (κ2) is 7.76. The van der Waals surface area contributed by atoms with Gasteiger partial charge >= 0.3 is 0 Å². The van der Waals surface area contributed by atoms with Crippen molar-refractivity contribution in [2.75, 3.05) is 26.2 Å². The third kappa shape index (κ3) is 3.17. The monoisotopic (exact) mass is 336 g/mol. The molecule has 1 rings (SSSR count). The number of carbonyl (C=O) groups is 2. The second-order valence-corrected chi connectivity index (χ2v) is 5.15. The molecule has 0 unspecified atom stereocenters. The molecule has 1 aliphatic rings. The SMILES string of the molecule is CCN(CC)C(=O)C1=C(O)C(=N)C(C(=O)N(CC)CC)=C(O)C1=N. The van der Waals surface area contributed by atoms with E-state index < -0.39 is 45.9 Å². The molecule has 0 aromatic rings. The highest BCUT2D eigenvalue weighted by atomic mass is 16.3. The maximum atomic E-state index is 12.4. The van der Waals surface area contributed by atoms with Crippen LogP contribution >= 0.6 is 0 Å². The van der Waals surface area contributed by atoms with E-state index >= 15 is 0 Å². The van der Waals surface area contributed by atoms with Gasteiger partial charge in [0, 0.05) is 26.2 Å². The zero-order valence-corrected chi connectivity index (χ0v) is 14.4. The number of aliphatic hydroxyl groups is 2. The molecule has 0 aliphatic heterocycles. The largest absolute Gasteiger partial charge is 0.505 e. The third-order valence-electron chi connectivity index (χ3n) is 3.98. The highest BCUT2D eigenvalue weighted by Crippen LogP contribution is 2.25. The van der Waals surface area contributed by atoms with Crippen molar-refractivity contribution in [2.24, 2.45) is 0 Å². The van der Waals surface area contributed by atoms with Gasteiger partial charge in [-0.3, -0.25) is 20.4 Å². The Kier molecular flexibility index (Phi) is 6.27. The smallest absolute Gasteiger partial charge is 0.260 e. The van der Waals surface area contributed by atoms with Gasteiger partial charge in [-0.05, 0) is 27.7 Å². The summed E-state index contributed by atoms with van der Waals surface area (Å²) in [7, 11) is 0. The van der Waals surface area contributed by atoms with Crippen LogP contribution in [0, 0.1) is 10.8 Å². The summed E-state index contributed by atoms with van der Waals surface area (Å²) in [6.45, 7) is 8.35. The van der Waals surface area contributed by atoms with Crippen LogP contribution in [-0.2, 0) is 9.59 Å². The fraction of sp³-hybridized carbons (Fsp3) is 0.500. The van der Waals surface area contributed by atoms with Crippen molar-refractivity contribution < 1.29 is 19.8 Å². The molecule has 4 N–H and O–H groups in total. The number of hydrogen-bond acceptors (Lipinski definition) is 6. The maximum Gasteiger partial charge on any atom is 0.260 e. The molecule has 0 aromatic heterocycles. The van der Waals surface area contributed by atoms with Gasteiger partial charge in [-0.25, -0.2) is 0 Å². The quantitative estimate of drug-likeness (QED) is 0.546. The molecule has 0 saturated heterocycles. The van der Waals surface area contributed by atoms with E-state index in [9.17, 15) is 19.8 Å². The van der Waals surface area contributed by atoms with Gasteiger partial charge in [0.1, 0.15) is 22.6 Å². The maximum absolute atomic E-state index is 12.4. The first-order valence-electron chi connectivity index (χ1n) is 7.90. The fourth-order valence-electron chi connectivity index (χ4n) is 2.48. The molecule has 8 heteroatoms. The lowest BCUT2D eigenvalue weighted by molar-refractivity contribution is -0.127. The molecular weight excluding hydrogens is 312 g/mol. The van der Waals surface area contributed by atoms with E-state index in [1.807, 2.05) is 0 Å². The topological polar surface area (TPSA) is 129 Å². The molecule has 1 aliphatic carbocycles. The van der Waals surface area contributed by atoms with Crippen molar-refractivity contribution in [3.8, 4) is 0 Å². The molecule has 0 bridgehead atoms. The van der Waals surface area contributed by atoms with Crippen molar-refractivity contribution in [2.45, 2.75) is 27.7 Å². The van der Waals surface area contributed by atoms with Gasteiger partial charge in [0.05, 0.1) is 0 Å². The lowest BCUT2D eigenvalue weighted by Crippen LogP contribution is -2.41. The average molecular weight is 336 g/mol. The Labute approximate surface area is 141 Å². The predicted molar refractivity (Wildman–Crippen MR) is 90.6 cm³/mol. The van der Waals surface area contributed by atoms with E-state index in [0.29, 0.717) is 26.2 Å². The van der Waals surface area contributed by atoms with Crippen molar-refractivity contribution in [3.63, 3.8) is 0 Å². The summed E-state index contributed by atoms with van der Waals surface area (Å²) in [6.07, 6.45) is 0. The van der Waals surface area contributed by atoms with Crippen LogP contribution in [0.15, 0.2) is 22.7 Å². The number of nitrogens with one attached hydrogen (secondary N) is 2. The number of hydrogen-bond donors (Lipinski definition) is 4. The Morgan fingerprint density at radius 2 is 1.00 bits per heavy atom. The summed E-state index contributed by atoms with van der Waals surface area (Å²) in [5.41, 5.74) is -2.21. The van der Waals surface area contributed by atoms with Crippen LogP contribution in [0.25, 0.3) is 0 Å². The zero-order chi connectivity index (χ0) is 18.6. The molecular formula is C16H24N4O4. The fourth-order valence-corrected chi connectivity index (χ4v) is 2.48. The van der Waals surface area contributed by atoms with Crippen molar-refractivity contribution >= 4 is 23.2 Å². The summed E-state index contributed by atoms with van der Waals surface area (Å²) in [5.74, 6) is -2.84. The van der Waals surface area contributed by atoms with E-state index in [-0.39, 0.29) is 0 Å². The van der Waals surface area contributed by atoms with Crippen LogP contribution < -0.4 is 0 Å². The van der Waals surface area contributed by atoms with Crippen molar-refractivity contribution in [3.05, 3.63) is 22.7 Å². The molecule has 0 heterocycles. The van der Waals surface area contributed by atoms with Crippen molar-refractivity contribution in [1.82, 2.24) is 9.80 Å². The van der Waals surface area contributed by atoms with Crippen LogP contribution in [0.2, 0.25) is 0 Å². The molecule has 132 valence electrons. The molecule has 0 spiro atoms. The third-order valence-corrected chi connectivity index (χ3v) is 3.98. The Bertz CT molecular complexity index is 584. The number of likely N-dealkylation sites (N-methyl/N-ethyl adjacent to an activating group) is 2. The zero-order valence-electron chi connectivity index (χ0n) is 14.4. The summed E-state index contributed by atoms with van der Waals surface area (Å²) in [5, 5.41) is 36.4. The first-order valence-corrected chi connectivity index (χ1v) is 7.90. The van der Waals surface area contributed by atoms with E-state index in [0.717, 1.165) is 0 Å². The second-order valence-electron chi connectivity index (χ2n) is 5.15. The summed E-state index contributed by atoms with van der Waals surface area (Å²) < 4.78 is 0. The predicted octanol–water partition coefficient (Wildman–Crippen LogP) is 1.40. The molecule has 0 radical (unpaired) electrons. The van der Waals surface area contributed by atoms with Gasteiger partial charge in [0.2, 0.25) is 0 Å². The average Bonchev–Trinajstić information content (AvgIpc) is 2.55. The minimum Gasteiger partial charge on any atom is -0.505 e.